The molecule has 0 heterocycles. The minimum Gasteiger partial charge on any atom is -0.294 e. The van der Waals surface area contributed by atoms with E-state index in [1.807, 2.05) is 33.9 Å². The molecule has 0 aliphatic heterocycles. The van der Waals surface area contributed by atoms with E-state index in [1.54, 1.807) is 0 Å². The molecular formula is C33H49NO. The second-order valence-corrected chi connectivity index (χ2v) is 8.64. The number of Topliss-reactive ketones (excluding diaryl/α,β-unsaturated/α-hetero) is 1. The first-order valence-corrected chi connectivity index (χ1v) is 14.1. The Morgan fingerprint density at radius 1 is 0.914 bits per heavy atom. The Labute approximate surface area is 216 Å². The third-order valence-corrected chi connectivity index (χ3v) is 6.37. The highest BCUT2D eigenvalue weighted by Crippen LogP contribution is 2.51. The number of aliphatic imine (C=N–C) groups is 1. The van der Waals surface area contributed by atoms with E-state index in [0.717, 1.165) is 42.5 Å². The summed E-state index contributed by atoms with van der Waals surface area (Å²) in [5.41, 5.74) is 9.46. The van der Waals surface area contributed by atoms with Gasteiger partial charge in [-0.25, -0.2) is 0 Å². The lowest BCUT2D eigenvalue weighted by Crippen LogP contribution is -1.98. The fraction of sp³-hybridized carbons (Fsp3) is 0.515. The Balaban J connectivity index is 0.000000598. The van der Waals surface area contributed by atoms with Crippen LogP contribution in [0.3, 0.4) is 0 Å². The van der Waals surface area contributed by atoms with Crippen LogP contribution >= 0.6 is 0 Å². The van der Waals surface area contributed by atoms with Crippen LogP contribution in [0.1, 0.15) is 139 Å². The van der Waals surface area contributed by atoms with Gasteiger partial charge in [0.1, 0.15) is 0 Å². The molecule has 2 aliphatic rings. The summed E-state index contributed by atoms with van der Waals surface area (Å²) in [4.78, 5) is 16.7. The largest absolute Gasteiger partial charge is 0.294 e. The maximum Gasteiger partial charge on any atom is 0.163 e. The molecule has 0 N–H and O–H groups in total. The number of unbranched alkanes of at least 4 members (excludes halogenated alkanes) is 2. The molecule has 35 heavy (non-hydrogen) atoms. The van der Waals surface area contributed by atoms with Crippen molar-refractivity contribution < 1.29 is 4.79 Å². The Morgan fingerprint density at radius 2 is 1.57 bits per heavy atom. The Hall–Kier alpha value is -2.48. The van der Waals surface area contributed by atoms with Crippen molar-refractivity contribution in [3.63, 3.8) is 0 Å². The minimum atomic E-state index is 0.288. The molecule has 0 saturated carbocycles. The van der Waals surface area contributed by atoms with Gasteiger partial charge in [0.25, 0.3) is 0 Å². The van der Waals surface area contributed by atoms with Gasteiger partial charge in [-0.3, -0.25) is 9.79 Å². The standard InChI is InChI=1S/C24H25NO.C5H12.2C2H6/c1-4-6-17-18-8-7-16(15(3)25-13-5-2)14-22(18)24-20(17)10-9-19-21(24)11-12-23(19)26;1-3-5-4-2;2*1-2/h7-10,13-14,17H,3-6,11-12H2,1-2H3;3-5H2,1-2H3;2*1-2H3. The maximum atomic E-state index is 12.2. The zero-order valence-electron chi connectivity index (χ0n) is 23.8. The molecule has 0 fully saturated rings. The van der Waals surface area contributed by atoms with E-state index in [-0.39, 0.29) is 5.78 Å². The lowest BCUT2D eigenvalue weighted by Gasteiger charge is -2.13. The molecule has 192 valence electrons. The molecule has 2 aromatic carbocycles. The van der Waals surface area contributed by atoms with Gasteiger partial charge in [-0.05, 0) is 53.1 Å². The van der Waals surface area contributed by atoms with Crippen LogP contribution in [-0.2, 0) is 6.42 Å². The number of rotatable bonds is 7. The fourth-order valence-electron chi connectivity index (χ4n) is 4.82. The third-order valence-electron chi connectivity index (χ3n) is 6.37. The van der Waals surface area contributed by atoms with Crippen LogP contribution in [0.4, 0.5) is 0 Å². The predicted molar refractivity (Wildman–Crippen MR) is 157 cm³/mol. The van der Waals surface area contributed by atoms with E-state index in [4.69, 9.17) is 0 Å². The SMILES string of the molecule is C=C(N=CCC)c1ccc2c(c1)-c1c(ccc3c1CCC3=O)C2CCC.CC.CC.CCCCC. The van der Waals surface area contributed by atoms with Gasteiger partial charge in [0.15, 0.2) is 5.78 Å². The number of hydrogen-bond acceptors (Lipinski definition) is 2. The summed E-state index contributed by atoms with van der Waals surface area (Å²) in [5.74, 6) is 0.726. The first-order valence-electron chi connectivity index (χ1n) is 14.1. The highest BCUT2D eigenvalue weighted by atomic mass is 16.1. The first kappa shape index (κ1) is 30.6. The van der Waals surface area contributed by atoms with Crippen LogP contribution in [0, 0.1) is 0 Å². The van der Waals surface area contributed by atoms with E-state index in [2.05, 4.69) is 69.6 Å². The van der Waals surface area contributed by atoms with Gasteiger partial charge in [0.2, 0.25) is 0 Å². The van der Waals surface area contributed by atoms with Crippen molar-refractivity contribution in [2.24, 2.45) is 4.99 Å². The lowest BCUT2D eigenvalue weighted by molar-refractivity contribution is 0.0994. The van der Waals surface area contributed by atoms with Crippen molar-refractivity contribution in [1.29, 1.82) is 0 Å². The maximum absolute atomic E-state index is 12.2. The summed E-state index contributed by atoms with van der Waals surface area (Å²) in [7, 11) is 0. The Morgan fingerprint density at radius 3 is 2.14 bits per heavy atom. The summed E-state index contributed by atoms with van der Waals surface area (Å²) in [6.45, 7) is 20.9. The van der Waals surface area contributed by atoms with E-state index < -0.39 is 0 Å². The van der Waals surface area contributed by atoms with Crippen molar-refractivity contribution >= 4 is 17.7 Å². The molecule has 4 rings (SSSR count). The van der Waals surface area contributed by atoms with Crippen LogP contribution in [0.5, 0.6) is 0 Å². The highest BCUT2D eigenvalue weighted by molar-refractivity contribution is 6.03. The molecular weight excluding hydrogens is 426 g/mol. The number of nitrogens with zero attached hydrogens (tertiary/aromatic N) is 1. The number of hydrogen-bond donors (Lipinski definition) is 0. The number of carbonyl (C=O) groups excluding carboxylic acids is 1. The van der Waals surface area contributed by atoms with Gasteiger partial charge in [0.05, 0.1) is 5.70 Å². The van der Waals surface area contributed by atoms with Gasteiger partial charge >= 0.3 is 0 Å². The molecule has 0 spiro atoms. The number of benzene rings is 2. The van der Waals surface area contributed by atoms with E-state index in [1.165, 1.54) is 47.1 Å². The molecule has 2 aliphatic carbocycles. The number of fused-ring (bicyclic) bond motifs is 5. The van der Waals surface area contributed by atoms with Crippen LogP contribution in [-0.4, -0.2) is 12.0 Å². The zero-order valence-corrected chi connectivity index (χ0v) is 23.8. The van der Waals surface area contributed by atoms with E-state index in [9.17, 15) is 4.79 Å². The van der Waals surface area contributed by atoms with E-state index >= 15 is 0 Å². The van der Waals surface area contributed by atoms with Crippen molar-refractivity contribution in [3.8, 4) is 11.1 Å². The quantitative estimate of drug-likeness (QED) is 0.366. The minimum absolute atomic E-state index is 0.288. The average Bonchev–Trinajstić information content (AvgIpc) is 3.43. The molecule has 0 bridgehead atoms. The molecule has 2 aromatic rings. The highest BCUT2D eigenvalue weighted by Gasteiger charge is 2.34. The third kappa shape index (κ3) is 7.26. The topological polar surface area (TPSA) is 29.4 Å². The Kier molecular flexibility index (Phi) is 14.2. The molecule has 0 radical (unpaired) electrons. The Bertz CT molecular complexity index is 981. The normalized spacial score (nSPS) is 14.5. The van der Waals surface area contributed by atoms with Gasteiger partial charge in [0, 0.05) is 29.7 Å². The van der Waals surface area contributed by atoms with Gasteiger partial charge in [-0.15, -0.1) is 0 Å². The predicted octanol–water partition coefficient (Wildman–Crippen LogP) is 10.4. The first-order chi connectivity index (χ1) is 17.1. The van der Waals surface area contributed by atoms with Crippen LogP contribution in [0.15, 0.2) is 41.9 Å². The van der Waals surface area contributed by atoms with E-state index in [0.29, 0.717) is 12.3 Å². The van der Waals surface area contributed by atoms with Crippen LogP contribution < -0.4 is 0 Å². The smallest absolute Gasteiger partial charge is 0.163 e. The molecule has 0 aromatic heterocycles. The van der Waals surface area contributed by atoms with Crippen LogP contribution in [0.2, 0.25) is 0 Å². The van der Waals surface area contributed by atoms with Crippen molar-refractivity contribution in [2.45, 2.75) is 113 Å². The van der Waals surface area contributed by atoms with Gasteiger partial charge < -0.3 is 0 Å². The van der Waals surface area contributed by atoms with Crippen molar-refractivity contribution in [1.82, 2.24) is 0 Å². The number of ketones is 1. The summed E-state index contributed by atoms with van der Waals surface area (Å²) in [6, 6.07) is 10.9. The second kappa shape index (κ2) is 16.2. The molecule has 0 amide bonds. The number of carbonyl (C=O) groups is 1. The monoisotopic (exact) mass is 475 g/mol. The molecule has 2 nitrogen and oxygen atoms in total. The fourth-order valence-corrected chi connectivity index (χ4v) is 4.82. The van der Waals surface area contributed by atoms with Crippen molar-refractivity contribution in [2.75, 3.05) is 0 Å². The summed E-state index contributed by atoms with van der Waals surface area (Å²) < 4.78 is 0. The molecule has 0 saturated heterocycles. The second-order valence-electron chi connectivity index (χ2n) is 8.64. The summed E-state index contributed by atoms with van der Waals surface area (Å²) in [5, 5.41) is 0. The lowest BCUT2D eigenvalue weighted by atomic mass is 9.91. The van der Waals surface area contributed by atoms with Gasteiger partial charge in [-0.1, -0.05) is 112 Å². The molecule has 1 atom stereocenters. The average molecular weight is 476 g/mol. The summed E-state index contributed by atoms with van der Waals surface area (Å²) >= 11 is 0. The molecule has 2 heteroatoms. The van der Waals surface area contributed by atoms with Crippen LogP contribution in [0.25, 0.3) is 16.8 Å². The van der Waals surface area contributed by atoms with Crippen molar-refractivity contribution in [3.05, 3.63) is 64.7 Å². The van der Waals surface area contributed by atoms with Gasteiger partial charge in [-0.2, -0.15) is 0 Å². The molecule has 1 unspecified atom stereocenters. The zero-order chi connectivity index (χ0) is 26.4. The summed E-state index contributed by atoms with van der Waals surface area (Å²) in [6.07, 6.45) is 10.7.